The first-order valence-electron chi connectivity index (χ1n) is 10.7. The number of hydrogen-bond acceptors (Lipinski definition) is 4. The van der Waals surface area contributed by atoms with E-state index in [1.807, 2.05) is 20.0 Å². The molecule has 1 amide bonds. The van der Waals surface area contributed by atoms with Gasteiger partial charge in [-0.05, 0) is 55.4 Å². The zero-order valence-corrected chi connectivity index (χ0v) is 20.7. The van der Waals surface area contributed by atoms with Crippen molar-refractivity contribution in [1.82, 2.24) is 4.31 Å². The Morgan fingerprint density at radius 1 is 1.10 bits per heavy atom. The van der Waals surface area contributed by atoms with Crippen LogP contribution >= 0.6 is 0 Å². The summed E-state index contributed by atoms with van der Waals surface area (Å²) in [4.78, 5) is 26.8. The normalized spacial score (nSPS) is 20.5. The van der Waals surface area contributed by atoms with Gasteiger partial charge in [0, 0.05) is 12.0 Å². The summed E-state index contributed by atoms with van der Waals surface area (Å²) in [7, 11) is -6.36. The van der Waals surface area contributed by atoms with Crippen molar-refractivity contribution in [3.63, 3.8) is 0 Å². The Morgan fingerprint density at radius 2 is 1.67 bits per heavy atom. The van der Waals surface area contributed by atoms with Crippen LogP contribution in [0.4, 0.5) is 0 Å². The Labute approximate surface area is 181 Å². The summed E-state index contributed by atoms with van der Waals surface area (Å²) < 4.78 is 28.1. The van der Waals surface area contributed by atoms with Gasteiger partial charge in [-0.2, -0.15) is 0 Å². The smallest absolute Gasteiger partial charge is 0.267 e. The lowest BCUT2D eigenvalue weighted by Crippen LogP contribution is -2.50. The highest BCUT2D eigenvalue weighted by Gasteiger charge is 2.50. The number of rotatable bonds is 5. The van der Waals surface area contributed by atoms with Crippen molar-refractivity contribution >= 4 is 29.4 Å². The van der Waals surface area contributed by atoms with Crippen molar-refractivity contribution < 1.29 is 18.0 Å². The average Bonchev–Trinajstić information content (AvgIpc) is 2.94. The second-order valence-electron chi connectivity index (χ2n) is 10.1. The van der Waals surface area contributed by atoms with Crippen molar-refractivity contribution in [1.29, 1.82) is 0 Å². The van der Waals surface area contributed by atoms with E-state index >= 15 is 0 Å². The van der Waals surface area contributed by atoms with Gasteiger partial charge in [-0.3, -0.25) is 4.79 Å². The van der Waals surface area contributed by atoms with Gasteiger partial charge >= 0.3 is 0 Å². The maximum Gasteiger partial charge on any atom is 0.267 e. The van der Waals surface area contributed by atoms with Gasteiger partial charge in [0.1, 0.15) is 13.5 Å². The van der Waals surface area contributed by atoms with Crippen LogP contribution in [0.5, 0.6) is 0 Å². The minimum atomic E-state index is -4.03. The van der Waals surface area contributed by atoms with Crippen LogP contribution in [0.1, 0.15) is 58.4 Å². The van der Waals surface area contributed by atoms with Crippen LogP contribution < -0.4 is 0 Å². The maximum atomic E-state index is 13.5. The van der Waals surface area contributed by atoms with E-state index in [0.29, 0.717) is 18.4 Å². The predicted molar refractivity (Wildman–Crippen MR) is 121 cm³/mol. The van der Waals surface area contributed by atoms with Crippen LogP contribution in [0.15, 0.2) is 40.3 Å². The molecule has 3 rings (SSSR count). The van der Waals surface area contributed by atoms with Crippen LogP contribution in [-0.4, -0.2) is 38.2 Å². The third-order valence-corrected chi connectivity index (χ3v) is 14.3. The van der Waals surface area contributed by atoms with Crippen LogP contribution in [-0.2, 0) is 19.6 Å². The number of aryl methyl sites for hydroxylation is 1. The van der Waals surface area contributed by atoms with E-state index in [1.165, 1.54) is 0 Å². The first-order valence-corrected chi connectivity index (χ1v) is 15.1. The molecule has 164 valence electrons. The molecule has 1 atom stereocenters. The number of carbonyl (C=O) groups excluding carboxylic acids is 2. The summed E-state index contributed by atoms with van der Waals surface area (Å²) in [6, 6.07) is 5.87. The summed E-state index contributed by atoms with van der Waals surface area (Å²) in [5.41, 5.74) is 2.43. The molecule has 1 aromatic carbocycles. The molecule has 5 nitrogen and oxygen atoms in total. The number of amides is 1. The van der Waals surface area contributed by atoms with E-state index in [4.69, 9.17) is 0 Å². The standard InChI is InChI=1S/C23H33NO4SSi/c1-16-11-13-17(14-12-16)29(27,28)24-20(15-21(25)30(5,6)23(2,3)4)18-9-7-8-10-19(18)22(24)26/h11-14,20H,7-10,15H2,1-6H3. The molecule has 0 N–H and O–H groups in total. The molecule has 0 saturated heterocycles. The summed E-state index contributed by atoms with van der Waals surface area (Å²) in [6.07, 6.45) is 3.18. The van der Waals surface area contributed by atoms with E-state index < -0.39 is 30.0 Å². The Hall–Kier alpha value is -1.73. The molecule has 0 bridgehead atoms. The summed E-state index contributed by atoms with van der Waals surface area (Å²) >= 11 is 0. The van der Waals surface area contributed by atoms with Crippen molar-refractivity contribution in [3.05, 3.63) is 41.0 Å². The van der Waals surface area contributed by atoms with E-state index in [1.54, 1.807) is 24.3 Å². The minimum absolute atomic E-state index is 0.0894. The number of nitrogens with zero attached hydrogens (tertiary/aromatic N) is 1. The van der Waals surface area contributed by atoms with Crippen molar-refractivity contribution in [2.75, 3.05) is 0 Å². The number of carbonyl (C=O) groups is 2. The van der Waals surface area contributed by atoms with Gasteiger partial charge in [-0.1, -0.05) is 51.6 Å². The van der Waals surface area contributed by atoms with Crippen LogP contribution in [0.25, 0.3) is 0 Å². The number of sulfonamides is 1. The van der Waals surface area contributed by atoms with Gasteiger partial charge < -0.3 is 4.79 Å². The van der Waals surface area contributed by atoms with Crippen LogP contribution in [0.2, 0.25) is 18.1 Å². The number of benzene rings is 1. The Balaban J connectivity index is 2.04. The SMILES string of the molecule is Cc1ccc(S(=O)(=O)N2C(=O)C3=C(CCCC3)C2CC(=O)[Si](C)(C)C(C)(C)C)cc1. The lowest BCUT2D eigenvalue weighted by molar-refractivity contribution is -0.122. The molecule has 0 radical (unpaired) electrons. The Kier molecular flexibility index (Phi) is 5.93. The van der Waals surface area contributed by atoms with E-state index in [2.05, 4.69) is 20.8 Å². The molecule has 1 aliphatic heterocycles. The molecule has 30 heavy (non-hydrogen) atoms. The zero-order valence-electron chi connectivity index (χ0n) is 18.9. The second-order valence-corrected chi connectivity index (χ2v) is 17.3. The van der Waals surface area contributed by atoms with Gasteiger partial charge in [-0.25, -0.2) is 12.7 Å². The third-order valence-electron chi connectivity index (χ3n) is 7.18. The fourth-order valence-electron chi connectivity index (χ4n) is 4.11. The first-order chi connectivity index (χ1) is 13.8. The quantitative estimate of drug-likeness (QED) is 0.610. The lowest BCUT2D eigenvalue weighted by Gasteiger charge is -2.37. The molecule has 0 spiro atoms. The van der Waals surface area contributed by atoms with Crippen LogP contribution in [0, 0.1) is 6.92 Å². The van der Waals surface area contributed by atoms with Crippen molar-refractivity contribution in [3.8, 4) is 0 Å². The maximum absolute atomic E-state index is 13.5. The van der Waals surface area contributed by atoms with Crippen molar-refractivity contribution in [2.24, 2.45) is 0 Å². The number of hydrogen-bond donors (Lipinski definition) is 0. The Morgan fingerprint density at radius 3 is 2.23 bits per heavy atom. The average molecular weight is 448 g/mol. The largest absolute Gasteiger partial charge is 0.305 e. The first kappa shape index (κ1) is 22.9. The van der Waals surface area contributed by atoms with E-state index in [9.17, 15) is 18.0 Å². The highest BCUT2D eigenvalue weighted by molar-refractivity contribution is 7.89. The van der Waals surface area contributed by atoms with Crippen molar-refractivity contribution in [2.45, 2.75) is 88.9 Å². The monoisotopic (exact) mass is 447 g/mol. The molecule has 1 aliphatic carbocycles. The third kappa shape index (κ3) is 3.82. The summed E-state index contributed by atoms with van der Waals surface area (Å²) in [6.45, 7) is 12.2. The molecule has 0 saturated carbocycles. The van der Waals surface area contributed by atoms with Gasteiger partial charge in [-0.15, -0.1) is 0 Å². The van der Waals surface area contributed by atoms with Gasteiger partial charge in [0.05, 0.1) is 10.9 Å². The molecule has 1 aromatic rings. The van der Waals surface area contributed by atoms with Gasteiger partial charge in [0.2, 0.25) is 0 Å². The van der Waals surface area contributed by atoms with Crippen LogP contribution in [0.3, 0.4) is 0 Å². The van der Waals surface area contributed by atoms with E-state index in [0.717, 1.165) is 28.3 Å². The summed E-state index contributed by atoms with van der Waals surface area (Å²) in [5, 5.41) is -0.0202. The predicted octanol–water partition coefficient (Wildman–Crippen LogP) is 4.77. The molecule has 0 aromatic heterocycles. The Bertz CT molecular complexity index is 1000. The molecule has 1 heterocycles. The molecule has 2 aliphatic rings. The van der Waals surface area contributed by atoms with Gasteiger partial charge in [0.15, 0.2) is 0 Å². The minimum Gasteiger partial charge on any atom is -0.305 e. The fourth-order valence-corrected chi connectivity index (χ4v) is 7.22. The fraction of sp³-hybridized carbons (Fsp3) is 0.565. The summed E-state index contributed by atoms with van der Waals surface area (Å²) in [5.74, 6) is -0.432. The van der Waals surface area contributed by atoms with E-state index in [-0.39, 0.29) is 21.8 Å². The molecular formula is C23H33NO4SSi. The second kappa shape index (κ2) is 7.75. The molecule has 7 heteroatoms. The highest BCUT2D eigenvalue weighted by atomic mass is 32.2. The molecule has 0 fully saturated rings. The topological polar surface area (TPSA) is 71.5 Å². The zero-order chi connectivity index (χ0) is 22.5. The van der Waals surface area contributed by atoms with Gasteiger partial charge in [0.25, 0.3) is 15.9 Å². The molecular weight excluding hydrogens is 414 g/mol. The molecule has 1 unspecified atom stereocenters. The lowest BCUT2D eigenvalue weighted by atomic mass is 9.89. The highest BCUT2D eigenvalue weighted by Crippen LogP contribution is 2.43.